The third kappa shape index (κ3) is 10.4. The van der Waals surface area contributed by atoms with Gasteiger partial charge in [0.25, 0.3) is 0 Å². The van der Waals surface area contributed by atoms with Gasteiger partial charge in [0.1, 0.15) is 6.04 Å². The van der Waals surface area contributed by atoms with E-state index in [1.54, 1.807) is 14.2 Å². The molecular weight excluding hydrogens is 678 g/mol. The Morgan fingerprint density at radius 3 is 1.86 bits per heavy atom. The lowest BCUT2D eigenvalue weighted by atomic mass is 9.92. The molecular formula is C32H45Br2N5O4. The number of benzene rings is 2. The fourth-order valence-electron chi connectivity index (χ4n) is 5.96. The van der Waals surface area contributed by atoms with Crippen LogP contribution in [0.4, 0.5) is 22.7 Å². The molecule has 1 heterocycles. The molecule has 43 heavy (non-hydrogen) atoms. The number of halogens is 2. The lowest BCUT2D eigenvalue weighted by Gasteiger charge is -2.30. The van der Waals surface area contributed by atoms with Crippen LogP contribution in [0.2, 0.25) is 0 Å². The molecule has 2 aliphatic carbocycles. The summed E-state index contributed by atoms with van der Waals surface area (Å²) in [5.41, 5.74) is 9.45. The number of ether oxygens (including phenoxy) is 2. The maximum absolute atomic E-state index is 12.6. The summed E-state index contributed by atoms with van der Waals surface area (Å²) in [6.07, 6.45) is 11.4. The molecule has 0 spiro atoms. The van der Waals surface area contributed by atoms with Crippen LogP contribution in [0.5, 0.6) is 0 Å². The van der Waals surface area contributed by atoms with Gasteiger partial charge in [0.05, 0.1) is 35.0 Å². The van der Waals surface area contributed by atoms with Crippen LogP contribution in [0, 0.1) is 0 Å². The lowest BCUT2D eigenvalue weighted by molar-refractivity contribution is -0.128. The van der Waals surface area contributed by atoms with E-state index in [0.29, 0.717) is 37.1 Å². The van der Waals surface area contributed by atoms with Crippen molar-refractivity contribution in [3.8, 4) is 0 Å². The summed E-state index contributed by atoms with van der Waals surface area (Å²) < 4.78 is 12.7. The molecule has 2 saturated carbocycles. The van der Waals surface area contributed by atoms with Crippen LogP contribution < -0.4 is 27.0 Å². The Morgan fingerprint density at radius 1 is 0.791 bits per heavy atom. The number of carbonyl (C=O) groups is 2. The lowest BCUT2D eigenvalue weighted by Crippen LogP contribution is -2.46. The first-order valence-electron chi connectivity index (χ1n) is 15.3. The summed E-state index contributed by atoms with van der Waals surface area (Å²) in [6.45, 7) is 0. The second-order valence-corrected chi connectivity index (χ2v) is 13.5. The number of piperidine rings is 1. The zero-order valence-electron chi connectivity index (χ0n) is 25.1. The number of nitrogens with one attached hydrogen (secondary N) is 4. The van der Waals surface area contributed by atoms with Crippen molar-refractivity contribution in [1.29, 1.82) is 0 Å². The Bertz CT molecular complexity index is 1220. The van der Waals surface area contributed by atoms with Gasteiger partial charge in [-0.25, -0.2) is 0 Å². The van der Waals surface area contributed by atoms with E-state index < -0.39 is 6.04 Å². The molecule has 2 amide bonds. The van der Waals surface area contributed by atoms with Crippen molar-refractivity contribution < 1.29 is 19.1 Å². The molecule has 0 unspecified atom stereocenters. The topological polar surface area (TPSA) is 127 Å². The molecule has 9 nitrogen and oxygen atoms in total. The second-order valence-electron chi connectivity index (χ2n) is 11.6. The molecule has 1 atom stereocenters. The van der Waals surface area contributed by atoms with Gasteiger partial charge in [0.15, 0.2) is 0 Å². The first kappa shape index (κ1) is 33.6. The predicted octanol–water partition coefficient (Wildman–Crippen LogP) is 6.83. The first-order chi connectivity index (χ1) is 20.7. The summed E-state index contributed by atoms with van der Waals surface area (Å²) in [5.74, 6) is -0.221. The minimum atomic E-state index is -0.458. The summed E-state index contributed by atoms with van der Waals surface area (Å²) in [4.78, 5) is 24.1. The Labute approximate surface area is 272 Å². The average molecular weight is 724 g/mol. The van der Waals surface area contributed by atoms with Gasteiger partial charge in [-0.15, -0.1) is 0 Å². The van der Waals surface area contributed by atoms with Crippen molar-refractivity contribution in [2.45, 2.75) is 101 Å². The molecule has 1 aliphatic heterocycles. The summed E-state index contributed by atoms with van der Waals surface area (Å²) in [7, 11) is 3.57. The quantitative estimate of drug-likeness (QED) is 0.189. The minimum Gasteiger partial charge on any atom is -0.397 e. The number of hydrogen-bond donors (Lipinski definition) is 5. The van der Waals surface area contributed by atoms with Gasteiger partial charge in [0, 0.05) is 41.7 Å². The van der Waals surface area contributed by atoms with Gasteiger partial charge in [-0.1, -0.05) is 31.9 Å². The highest BCUT2D eigenvalue weighted by atomic mass is 79.9. The van der Waals surface area contributed by atoms with E-state index in [9.17, 15) is 9.59 Å². The van der Waals surface area contributed by atoms with Crippen LogP contribution in [0.1, 0.15) is 70.6 Å². The highest BCUT2D eigenvalue weighted by Gasteiger charge is 2.26. The van der Waals surface area contributed by atoms with Crippen molar-refractivity contribution in [2.75, 3.05) is 35.9 Å². The van der Waals surface area contributed by atoms with Crippen molar-refractivity contribution in [3.05, 3.63) is 45.3 Å². The second kappa shape index (κ2) is 16.7. The highest BCUT2D eigenvalue weighted by molar-refractivity contribution is 9.10. The molecule has 2 aromatic carbocycles. The smallest absolute Gasteiger partial charge is 0.247 e. The number of hydrogen-bond acceptors (Lipinski definition) is 7. The fourth-order valence-corrected chi connectivity index (χ4v) is 6.70. The Hall–Kier alpha value is -2.34. The Kier molecular flexibility index (Phi) is 13.0. The SMILES string of the molecule is COC1CCC(Nc2ccc(Br)cc2N)CC1.COC1CCC(Nc2ccc(Br)cc2NC(=O)[C@@H]2CCCC(=O)N2)CC1. The summed E-state index contributed by atoms with van der Waals surface area (Å²) in [5, 5.41) is 12.8. The van der Waals surface area contributed by atoms with Crippen LogP contribution in [0.25, 0.3) is 0 Å². The number of rotatable bonds is 8. The van der Waals surface area contributed by atoms with Gasteiger partial charge in [-0.05, 0) is 101 Å². The van der Waals surface area contributed by atoms with Crippen LogP contribution in [-0.4, -0.2) is 56.4 Å². The number of methoxy groups -OCH3 is 2. The number of nitrogen functional groups attached to an aromatic ring is 1. The maximum atomic E-state index is 12.6. The molecule has 5 rings (SSSR count). The predicted molar refractivity (Wildman–Crippen MR) is 180 cm³/mol. The maximum Gasteiger partial charge on any atom is 0.247 e. The largest absolute Gasteiger partial charge is 0.397 e. The molecule has 3 fully saturated rings. The van der Waals surface area contributed by atoms with Gasteiger partial charge in [-0.2, -0.15) is 0 Å². The number of carbonyl (C=O) groups excluding carboxylic acids is 2. The van der Waals surface area contributed by atoms with E-state index in [-0.39, 0.29) is 11.8 Å². The van der Waals surface area contributed by atoms with E-state index in [1.807, 2.05) is 36.4 Å². The van der Waals surface area contributed by atoms with Crippen molar-refractivity contribution in [1.82, 2.24) is 5.32 Å². The van der Waals surface area contributed by atoms with Gasteiger partial charge < -0.3 is 36.5 Å². The summed E-state index contributed by atoms with van der Waals surface area (Å²) in [6, 6.07) is 12.2. The summed E-state index contributed by atoms with van der Waals surface area (Å²) >= 11 is 6.88. The zero-order valence-corrected chi connectivity index (χ0v) is 28.3. The van der Waals surface area contributed by atoms with Crippen LogP contribution in [0.3, 0.4) is 0 Å². The van der Waals surface area contributed by atoms with E-state index in [4.69, 9.17) is 15.2 Å². The molecule has 0 bridgehead atoms. The highest BCUT2D eigenvalue weighted by Crippen LogP contribution is 2.31. The Morgan fingerprint density at radius 2 is 1.33 bits per heavy atom. The third-order valence-corrected chi connectivity index (χ3v) is 9.52. The van der Waals surface area contributed by atoms with Crippen LogP contribution >= 0.6 is 31.9 Å². The van der Waals surface area contributed by atoms with E-state index in [1.165, 1.54) is 0 Å². The zero-order chi connectivity index (χ0) is 30.8. The average Bonchev–Trinajstić information content (AvgIpc) is 3.01. The third-order valence-electron chi connectivity index (χ3n) is 8.54. The van der Waals surface area contributed by atoms with Gasteiger partial charge in [0.2, 0.25) is 11.8 Å². The molecule has 0 aromatic heterocycles. The van der Waals surface area contributed by atoms with Crippen LogP contribution in [0.15, 0.2) is 45.3 Å². The van der Waals surface area contributed by atoms with Crippen molar-refractivity contribution in [3.63, 3.8) is 0 Å². The number of nitrogens with two attached hydrogens (primary N) is 1. The normalized spacial score (nSPS) is 25.5. The standard InChI is InChI=1S/C19H26BrN3O3.C13H19BrN2O/c1-26-14-8-6-13(7-9-14)21-15-10-5-12(20)11-17(15)23-19(25)16-3-2-4-18(24)22-16;1-17-11-5-3-10(4-6-11)16-13-7-2-9(14)8-12(13)15/h5,10-11,13-14,16,21H,2-4,6-9H2,1H3,(H,22,24)(H,23,25);2,7-8,10-11,16H,3-6,15H2,1H3/t13?,14?,16-;/m0./s1. The number of anilines is 4. The van der Waals surface area contributed by atoms with Gasteiger partial charge in [-0.3, -0.25) is 9.59 Å². The first-order valence-corrected chi connectivity index (χ1v) is 16.9. The van der Waals surface area contributed by atoms with E-state index >= 15 is 0 Å². The van der Waals surface area contributed by atoms with Gasteiger partial charge >= 0.3 is 0 Å². The molecule has 6 N–H and O–H groups in total. The Balaban J connectivity index is 0.000000215. The minimum absolute atomic E-state index is 0.0566. The molecule has 0 radical (unpaired) electrons. The van der Waals surface area contributed by atoms with E-state index in [2.05, 4.69) is 53.1 Å². The molecule has 3 aliphatic rings. The molecule has 236 valence electrons. The fraction of sp³-hybridized carbons (Fsp3) is 0.562. The monoisotopic (exact) mass is 721 g/mol. The number of amides is 2. The van der Waals surface area contributed by atoms with E-state index in [0.717, 1.165) is 89.5 Å². The van der Waals surface area contributed by atoms with Crippen LogP contribution in [-0.2, 0) is 19.1 Å². The van der Waals surface area contributed by atoms with Crippen molar-refractivity contribution in [2.24, 2.45) is 0 Å². The molecule has 2 aromatic rings. The molecule has 11 heteroatoms. The molecule has 1 saturated heterocycles. The van der Waals surface area contributed by atoms with Crippen molar-refractivity contribution >= 4 is 66.4 Å².